The summed E-state index contributed by atoms with van der Waals surface area (Å²) in [6.45, 7) is 2.53. The van der Waals surface area contributed by atoms with Gasteiger partial charge >= 0.3 is 0 Å². The van der Waals surface area contributed by atoms with Crippen LogP contribution in [0.2, 0.25) is 0 Å². The molecule has 3 aliphatic heterocycles. The molecule has 1 N–H and O–H groups in total. The van der Waals surface area contributed by atoms with Gasteiger partial charge in [-0.3, -0.25) is 0 Å². The first-order valence-electron chi connectivity index (χ1n) is 8.22. The lowest BCUT2D eigenvalue weighted by atomic mass is 9.95. The fourth-order valence-corrected chi connectivity index (χ4v) is 5.30. The number of hydrogen-bond acceptors (Lipinski definition) is 3. The first-order valence-corrected chi connectivity index (χ1v) is 9.20. The quantitative estimate of drug-likeness (QED) is 0.899. The van der Waals surface area contributed by atoms with Crippen molar-refractivity contribution >= 4 is 11.8 Å². The molecule has 0 aromatic heterocycles. The van der Waals surface area contributed by atoms with Gasteiger partial charge in [0.25, 0.3) is 0 Å². The molecule has 1 aromatic rings. The molecule has 0 amide bonds. The van der Waals surface area contributed by atoms with Crippen LogP contribution in [0.15, 0.2) is 23.1 Å². The van der Waals surface area contributed by atoms with Gasteiger partial charge in [-0.2, -0.15) is 0 Å². The van der Waals surface area contributed by atoms with Crippen molar-refractivity contribution in [3.63, 3.8) is 0 Å². The summed E-state index contributed by atoms with van der Waals surface area (Å²) in [5.41, 5.74) is 1.18. The molecule has 0 radical (unpaired) electrons. The average Bonchev–Trinajstić information content (AvgIpc) is 2.95. The molecule has 2 fully saturated rings. The fourth-order valence-electron chi connectivity index (χ4n) is 4.20. The van der Waals surface area contributed by atoms with Gasteiger partial charge in [0.2, 0.25) is 0 Å². The third-order valence-electron chi connectivity index (χ3n) is 5.27. The van der Waals surface area contributed by atoms with Crippen molar-refractivity contribution in [2.75, 3.05) is 18.8 Å². The van der Waals surface area contributed by atoms with Gasteiger partial charge in [0.15, 0.2) is 0 Å². The first kappa shape index (κ1) is 14.0. The highest BCUT2D eigenvalue weighted by Crippen LogP contribution is 2.37. The number of benzene rings is 1. The molecule has 3 atom stereocenters. The number of halogens is 1. The van der Waals surface area contributed by atoms with Gasteiger partial charge in [0.1, 0.15) is 5.82 Å². The molecule has 0 saturated carbocycles. The predicted octanol–water partition coefficient (Wildman–Crippen LogP) is 3.58. The van der Waals surface area contributed by atoms with Gasteiger partial charge < -0.3 is 10.2 Å². The second-order valence-corrected chi connectivity index (χ2v) is 7.73. The Morgan fingerprint density at radius 2 is 2.14 bits per heavy atom. The second kappa shape index (κ2) is 5.90. The lowest BCUT2D eigenvalue weighted by molar-refractivity contribution is 0.160. The van der Waals surface area contributed by atoms with E-state index in [4.69, 9.17) is 0 Å². The van der Waals surface area contributed by atoms with Crippen molar-refractivity contribution in [3.05, 3.63) is 29.6 Å². The van der Waals surface area contributed by atoms with Crippen molar-refractivity contribution in [2.45, 2.75) is 55.1 Å². The molecule has 0 spiro atoms. The Kier molecular flexibility index (Phi) is 3.94. The minimum Gasteiger partial charge on any atom is -0.307 e. The Morgan fingerprint density at radius 1 is 1.19 bits per heavy atom. The maximum absolute atomic E-state index is 13.6. The number of thioether (sulfide) groups is 1. The van der Waals surface area contributed by atoms with Crippen molar-refractivity contribution < 1.29 is 4.39 Å². The van der Waals surface area contributed by atoms with E-state index in [2.05, 4.69) is 10.2 Å². The minimum absolute atomic E-state index is 0.103. The maximum atomic E-state index is 13.6. The molecule has 2 nitrogen and oxygen atoms in total. The largest absolute Gasteiger partial charge is 0.307 e. The Hall–Kier alpha value is -0.580. The molecule has 114 valence electrons. The highest BCUT2D eigenvalue weighted by Gasteiger charge is 2.33. The lowest BCUT2D eigenvalue weighted by Gasteiger charge is -2.38. The van der Waals surface area contributed by atoms with Gasteiger partial charge in [-0.05, 0) is 74.7 Å². The van der Waals surface area contributed by atoms with Gasteiger partial charge in [0, 0.05) is 23.0 Å². The normalized spacial score (nSPS) is 32.7. The minimum atomic E-state index is -0.103. The number of hydrogen-bond donors (Lipinski definition) is 1. The topological polar surface area (TPSA) is 15.3 Å². The van der Waals surface area contributed by atoms with Gasteiger partial charge in [-0.1, -0.05) is 0 Å². The van der Waals surface area contributed by atoms with E-state index in [1.165, 1.54) is 49.2 Å². The molecule has 4 heteroatoms. The molecular weight excluding hydrogens is 283 g/mol. The summed E-state index contributed by atoms with van der Waals surface area (Å²) in [5.74, 6) is 1.03. The zero-order chi connectivity index (χ0) is 14.2. The summed E-state index contributed by atoms with van der Waals surface area (Å²) >= 11 is 1.86. The predicted molar refractivity (Wildman–Crippen MR) is 85.2 cm³/mol. The van der Waals surface area contributed by atoms with Gasteiger partial charge in [-0.25, -0.2) is 4.39 Å². The van der Waals surface area contributed by atoms with E-state index in [1.807, 2.05) is 17.8 Å². The SMILES string of the molecule is Fc1ccc2c(c1)C(NC1CCN3CCCC3C1)CCS2. The number of nitrogens with one attached hydrogen (secondary N) is 1. The summed E-state index contributed by atoms with van der Waals surface area (Å²) < 4.78 is 13.6. The standard InChI is InChI=1S/C17H23FN2S/c18-12-3-4-17-15(10-12)16(6-9-21-17)19-13-5-8-20-7-1-2-14(20)11-13/h3-4,10,13-14,16,19H,1-2,5-9,11H2. The molecule has 2 saturated heterocycles. The van der Waals surface area contributed by atoms with Crippen molar-refractivity contribution in [2.24, 2.45) is 0 Å². The van der Waals surface area contributed by atoms with Crippen LogP contribution in [0.25, 0.3) is 0 Å². The lowest BCUT2D eigenvalue weighted by Crippen LogP contribution is -2.46. The second-order valence-electron chi connectivity index (χ2n) is 6.59. The monoisotopic (exact) mass is 306 g/mol. The Bertz CT molecular complexity index is 522. The molecule has 3 aliphatic rings. The smallest absolute Gasteiger partial charge is 0.123 e. The van der Waals surface area contributed by atoms with Gasteiger partial charge in [-0.15, -0.1) is 11.8 Å². The van der Waals surface area contributed by atoms with Crippen LogP contribution in [0.5, 0.6) is 0 Å². The fraction of sp³-hybridized carbons (Fsp3) is 0.647. The highest BCUT2D eigenvalue weighted by atomic mass is 32.2. The molecule has 4 rings (SSSR count). The molecular formula is C17H23FN2S. The van der Waals surface area contributed by atoms with Crippen molar-refractivity contribution in [1.82, 2.24) is 10.2 Å². The zero-order valence-electron chi connectivity index (χ0n) is 12.4. The average molecular weight is 306 g/mol. The zero-order valence-corrected chi connectivity index (χ0v) is 13.2. The van der Waals surface area contributed by atoms with Crippen molar-refractivity contribution in [3.8, 4) is 0 Å². The van der Waals surface area contributed by atoms with Crippen molar-refractivity contribution in [1.29, 1.82) is 0 Å². The summed E-state index contributed by atoms with van der Waals surface area (Å²) in [6, 6.07) is 7.02. The summed E-state index contributed by atoms with van der Waals surface area (Å²) in [5, 5.41) is 3.85. The summed E-state index contributed by atoms with van der Waals surface area (Å²) in [7, 11) is 0. The van der Waals surface area contributed by atoms with E-state index in [0.29, 0.717) is 12.1 Å². The molecule has 21 heavy (non-hydrogen) atoms. The van der Waals surface area contributed by atoms with Crippen LogP contribution in [0, 0.1) is 5.82 Å². The maximum Gasteiger partial charge on any atom is 0.123 e. The Balaban J connectivity index is 1.47. The van der Waals surface area contributed by atoms with E-state index in [9.17, 15) is 4.39 Å². The number of rotatable bonds is 2. The summed E-state index contributed by atoms with van der Waals surface area (Å²) in [6.07, 6.45) is 6.36. The first-order chi connectivity index (χ1) is 10.3. The third-order valence-corrected chi connectivity index (χ3v) is 6.39. The molecule has 3 heterocycles. The van der Waals surface area contributed by atoms with E-state index >= 15 is 0 Å². The number of piperidine rings is 1. The van der Waals surface area contributed by atoms with Crippen LogP contribution in [0.3, 0.4) is 0 Å². The number of nitrogens with zero attached hydrogens (tertiary/aromatic N) is 1. The molecule has 0 aliphatic carbocycles. The van der Waals surface area contributed by atoms with Crippen LogP contribution in [-0.4, -0.2) is 35.8 Å². The summed E-state index contributed by atoms with van der Waals surface area (Å²) in [4.78, 5) is 3.92. The van der Waals surface area contributed by atoms with E-state index in [0.717, 1.165) is 18.2 Å². The molecule has 1 aromatic carbocycles. The van der Waals surface area contributed by atoms with E-state index < -0.39 is 0 Å². The van der Waals surface area contributed by atoms with E-state index in [-0.39, 0.29) is 5.82 Å². The van der Waals surface area contributed by atoms with E-state index in [1.54, 1.807) is 12.1 Å². The Labute approximate surface area is 130 Å². The van der Waals surface area contributed by atoms with Crippen LogP contribution >= 0.6 is 11.8 Å². The van der Waals surface area contributed by atoms with Crippen LogP contribution in [-0.2, 0) is 0 Å². The van der Waals surface area contributed by atoms with Crippen LogP contribution in [0.1, 0.15) is 43.7 Å². The molecule has 3 unspecified atom stereocenters. The molecule has 0 bridgehead atoms. The Morgan fingerprint density at radius 3 is 3.10 bits per heavy atom. The van der Waals surface area contributed by atoms with Gasteiger partial charge in [0.05, 0.1) is 0 Å². The third kappa shape index (κ3) is 2.86. The van der Waals surface area contributed by atoms with Crippen LogP contribution in [0.4, 0.5) is 4.39 Å². The van der Waals surface area contributed by atoms with Crippen LogP contribution < -0.4 is 5.32 Å². The highest BCUT2D eigenvalue weighted by molar-refractivity contribution is 7.99. The number of fused-ring (bicyclic) bond motifs is 2.